The minimum Gasteiger partial charge on any atom is -0.330 e. The highest BCUT2D eigenvalue weighted by atomic mass is 35.5. The average Bonchev–Trinajstić information content (AvgIpc) is 2.48. The van der Waals surface area contributed by atoms with Crippen LogP contribution in [0.15, 0.2) is 24.3 Å². The van der Waals surface area contributed by atoms with Gasteiger partial charge in [-0.05, 0) is 92.9 Å². The SMILES string of the molecule is NCCCC1(c2ccc(Cl)cc2)C2CC3CC(C2)CC1C3. The molecule has 0 aliphatic heterocycles. The summed E-state index contributed by atoms with van der Waals surface area (Å²) in [4.78, 5) is 0. The molecule has 0 atom stereocenters. The van der Waals surface area contributed by atoms with E-state index in [-0.39, 0.29) is 0 Å². The van der Waals surface area contributed by atoms with E-state index < -0.39 is 0 Å². The molecule has 2 heteroatoms. The van der Waals surface area contributed by atoms with Gasteiger partial charge in [-0.2, -0.15) is 0 Å². The molecule has 4 aliphatic carbocycles. The number of benzene rings is 1. The minimum absolute atomic E-state index is 0.400. The van der Waals surface area contributed by atoms with Crippen LogP contribution >= 0.6 is 11.6 Å². The molecule has 21 heavy (non-hydrogen) atoms. The van der Waals surface area contributed by atoms with E-state index in [2.05, 4.69) is 24.3 Å². The van der Waals surface area contributed by atoms with Crippen LogP contribution in [0.4, 0.5) is 0 Å². The van der Waals surface area contributed by atoms with Crippen LogP contribution in [-0.2, 0) is 5.41 Å². The predicted molar refractivity (Wildman–Crippen MR) is 88.5 cm³/mol. The van der Waals surface area contributed by atoms with Crippen molar-refractivity contribution in [3.63, 3.8) is 0 Å². The number of nitrogens with two attached hydrogens (primary N) is 1. The summed E-state index contributed by atoms with van der Waals surface area (Å²) in [7, 11) is 0. The van der Waals surface area contributed by atoms with Gasteiger partial charge in [0.05, 0.1) is 0 Å². The molecule has 2 N–H and O–H groups in total. The Hall–Kier alpha value is -0.530. The first-order chi connectivity index (χ1) is 10.2. The quantitative estimate of drug-likeness (QED) is 0.851. The molecule has 4 saturated carbocycles. The van der Waals surface area contributed by atoms with Crippen molar-refractivity contribution in [3.05, 3.63) is 34.9 Å². The second-order valence-corrected chi connectivity index (χ2v) is 8.18. The summed E-state index contributed by atoms with van der Waals surface area (Å²) in [6, 6.07) is 8.79. The number of hydrogen-bond acceptors (Lipinski definition) is 1. The fourth-order valence-electron chi connectivity index (χ4n) is 6.20. The maximum atomic E-state index is 6.13. The molecule has 0 amide bonds. The molecule has 0 spiro atoms. The van der Waals surface area contributed by atoms with Crippen molar-refractivity contribution in [2.75, 3.05) is 6.54 Å². The molecule has 1 nitrogen and oxygen atoms in total. The van der Waals surface area contributed by atoms with Crippen LogP contribution in [0.2, 0.25) is 5.02 Å². The first-order valence-electron chi connectivity index (χ1n) is 8.68. The van der Waals surface area contributed by atoms with E-state index in [1.165, 1.54) is 38.5 Å². The van der Waals surface area contributed by atoms with Gasteiger partial charge in [-0.3, -0.25) is 0 Å². The first kappa shape index (κ1) is 14.1. The lowest BCUT2D eigenvalue weighted by atomic mass is 9.43. The molecule has 4 bridgehead atoms. The topological polar surface area (TPSA) is 26.0 Å². The Balaban J connectivity index is 1.75. The second kappa shape index (κ2) is 5.28. The van der Waals surface area contributed by atoms with Crippen LogP contribution in [0.5, 0.6) is 0 Å². The van der Waals surface area contributed by atoms with Gasteiger partial charge in [0.25, 0.3) is 0 Å². The van der Waals surface area contributed by atoms with Crippen LogP contribution < -0.4 is 5.73 Å². The van der Waals surface area contributed by atoms with Crippen LogP contribution in [-0.4, -0.2) is 6.54 Å². The molecule has 0 heterocycles. The maximum Gasteiger partial charge on any atom is 0.0406 e. The lowest BCUT2D eigenvalue weighted by molar-refractivity contribution is -0.0655. The summed E-state index contributed by atoms with van der Waals surface area (Å²) in [6.45, 7) is 0.821. The summed E-state index contributed by atoms with van der Waals surface area (Å²) in [6.07, 6.45) is 9.78. The number of hydrogen-bond donors (Lipinski definition) is 1. The van der Waals surface area contributed by atoms with Gasteiger partial charge < -0.3 is 5.73 Å². The summed E-state index contributed by atoms with van der Waals surface area (Å²) < 4.78 is 0. The minimum atomic E-state index is 0.400. The zero-order valence-corrected chi connectivity index (χ0v) is 13.5. The summed E-state index contributed by atoms with van der Waals surface area (Å²) in [5.41, 5.74) is 7.82. The summed E-state index contributed by atoms with van der Waals surface area (Å²) in [5, 5.41) is 0.858. The second-order valence-electron chi connectivity index (χ2n) is 7.74. The fraction of sp³-hybridized carbons (Fsp3) is 0.684. The normalized spacial score (nSPS) is 40.7. The van der Waals surface area contributed by atoms with Crippen LogP contribution in [0.1, 0.15) is 50.5 Å². The summed E-state index contributed by atoms with van der Waals surface area (Å²) >= 11 is 6.13. The predicted octanol–water partition coefficient (Wildman–Crippen LogP) is 4.77. The van der Waals surface area contributed by atoms with Crippen LogP contribution in [0, 0.1) is 23.7 Å². The molecule has 114 valence electrons. The standard InChI is InChI=1S/C19H26ClN/c20-18-4-2-15(3-5-18)19(6-1-7-21)16-9-13-8-14(11-16)12-17(19)10-13/h2-5,13-14,16-17H,1,6-12,21H2. The van der Waals surface area contributed by atoms with E-state index in [0.717, 1.165) is 41.7 Å². The highest BCUT2D eigenvalue weighted by Crippen LogP contribution is 2.64. The van der Waals surface area contributed by atoms with Gasteiger partial charge in [-0.1, -0.05) is 23.7 Å². The van der Waals surface area contributed by atoms with Gasteiger partial charge in [0.15, 0.2) is 0 Å². The van der Waals surface area contributed by atoms with Crippen LogP contribution in [0.25, 0.3) is 0 Å². The number of rotatable bonds is 4. The molecule has 4 fully saturated rings. The van der Waals surface area contributed by atoms with E-state index in [4.69, 9.17) is 17.3 Å². The van der Waals surface area contributed by atoms with Crippen LogP contribution in [0.3, 0.4) is 0 Å². The van der Waals surface area contributed by atoms with E-state index in [9.17, 15) is 0 Å². The van der Waals surface area contributed by atoms with Gasteiger partial charge in [0, 0.05) is 10.4 Å². The molecule has 0 unspecified atom stereocenters. The Morgan fingerprint density at radius 1 is 0.952 bits per heavy atom. The Bertz CT molecular complexity index is 479. The van der Waals surface area contributed by atoms with Crippen molar-refractivity contribution < 1.29 is 0 Å². The lowest BCUT2D eigenvalue weighted by Gasteiger charge is -2.62. The Kier molecular flexibility index (Phi) is 3.54. The molecular formula is C19H26ClN. The Labute approximate surface area is 133 Å². The van der Waals surface area contributed by atoms with Crippen molar-refractivity contribution in [2.45, 2.75) is 50.4 Å². The Morgan fingerprint density at radius 2 is 1.52 bits per heavy atom. The largest absolute Gasteiger partial charge is 0.330 e. The lowest BCUT2D eigenvalue weighted by Crippen LogP contribution is -2.55. The molecule has 1 aromatic carbocycles. The van der Waals surface area contributed by atoms with Crippen molar-refractivity contribution >= 4 is 11.6 Å². The molecule has 1 aromatic rings. The third-order valence-electron chi connectivity index (χ3n) is 6.77. The maximum absolute atomic E-state index is 6.13. The van der Waals surface area contributed by atoms with Crippen molar-refractivity contribution in [2.24, 2.45) is 29.4 Å². The molecular weight excluding hydrogens is 278 g/mol. The van der Waals surface area contributed by atoms with E-state index in [0.29, 0.717) is 5.41 Å². The van der Waals surface area contributed by atoms with E-state index in [1.54, 1.807) is 5.56 Å². The number of halogens is 1. The van der Waals surface area contributed by atoms with Crippen molar-refractivity contribution in [1.29, 1.82) is 0 Å². The fourth-order valence-corrected chi connectivity index (χ4v) is 6.33. The smallest absolute Gasteiger partial charge is 0.0406 e. The van der Waals surface area contributed by atoms with Crippen molar-refractivity contribution in [1.82, 2.24) is 0 Å². The van der Waals surface area contributed by atoms with Crippen molar-refractivity contribution in [3.8, 4) is 0 Å². The molecule has 4 aliphatic rings. The highest BCUT2D eigenvalue weighted by molar-refractivity contribution is 6.30. The highest BCUT2D eigenvalue weighted by Gasteiger charge is 2.57. The zero-order valence-electron chi connectivity index (χ0n) is 12.7. The monoisotopic (exact) mass is 303 g/mol. The zero-order chi connectivity index (χ0) is 14.4. The van der Waals surface area contributed by atoms with Gasteiger partial charge >= 0.3 is 0 Å². The molecule has 0 saturated heterocycles. The van der Waals surface area contributed by atoms with Gasteiger partial charge in [0.1, 0.15) is 0 Å². The third-order valence-corrected chi connectivity index (χ3v) is 7.02. The molecule has 5 rings (SSSR count). The van der Waals surface area contributed by atoms with E-state index >= 15 is 0 Å². The van der Waals surface area contributed by atoms with E-state index in [1.807, 2.05) is 0 Å². The molecule has 0 radical (unpaired) electrons. The Morgan fingerprint density at radius 3 is 2.05 bits per heavy atom. The average molecular weight is 304 g/mol. The van der Waals surface area contributed by atoms with Gasteiger partial charge in [-0.15, -0.1) is 0 Å². The molecule has 0 aromatic heterocycles. The van der Waals surface area contributed by atoms with Gasteiger partial charge in [-0.25, -0.2) is 0 Å². The summed E-state index contributed by atoms with van der Waals surface area (Å²) in [5.74, 6) is 3.82. The first-order valence-corrected chi connectivity index (χ1v) is 9.06. The van der Waals surface area contributed by atoms with Gasteiger partial charge in [0.2, 0.25) is 0 Å². The third kappa shape index (κ3) is 2.16.